The van der Waals surface area contributed by atoms with Gasteiger partial charge in [-0.25, -0.2) is 4.68 Å². The highest BCUT2D eigenvalue weighted by Gasteiger charge is 2.04. The van der Waals surface area contributed by atoms with E-state index >= 15 is 0 Å². The molecule has 0 aliphatic heterocycles. The average molecular weight is 311 g/mol. The van der Waals surface area contributed by atoms with E-state index in [4.69, 9.17) is 5.73 Å². The average Bonchev–Trinajstić information content (AvgIpc) is 3.08. The SMILES string of the molecule is NC(=O)CSc1ccc(-c2ccc(-n3cccn3)cc2)nn1. The van der Waals surface area contributed by atoms with Crippen LogP contribution in [0.15, 0.2) is 59.9 Å². The molecule has 0 aliphatic carbocycles. The molecule has 0 atom stereocenters. The van der Waals surface area contributed by atoms with Crippen molar-refractivity contribution in [2.45, 2.75) is 5.03 Å². The number of hydrogen-bond acceptors (Lipinski definition) is 5. The number of carbonyl (C=O) groups excluding carboxylic acids is 1. The molecule has 2 aromatic heterocycles. The largest absolute Gasteiger partial charge is 0.369 e. The molecule has 110 valence electrons. The number of rotatable bonds is 5. The van der Waals surface area contributed by atoms with Gasteiger partial charge in [-0.15, -0.1) is 10.2 Å². The van der Waals surface area contributed by atoms with Gasteiger partial charge in [0, 0.05) is 18.0 Å². The maximum absolute atomic E-state index is 10.7. The first-order valence-electron chi connectivity index (χ1n) is 6.58. The highest BCUT2D eigenvalue weighted by molar-refractivity contribution is 7.99. The van der Waals surface area contributed by atoms with Gasteiger partial charge in [0.15, 0.2) is 0 Å². The molecular formula is C15H13N5OS. The van der Waals surface area contributed by atoms with Crippen molar-refractivity contribution in [2.75, 3.05) is 5.75 Å². The maximum Gasteiger partial charge on any atom is 0.227 e. The van der Waals surface area contributed by atoms with Crippen molar-refractivity contribution in [2.24, 2.45) is 5.73 Å². The lowest BCUT2D eigenvalue weighted by Crippen LogP contribution is -2.13. The van der Waals surface area contributed by atoms with Gasteiger partial charge in [-0.2, -0.15) is 5.10 Å². The molecule has 0 aliphatic rings. The van der Waals surface area contributed by atoms with Gasteiger partial charge >= 0.3 is 0 Å². The first-order valence-corrected chi connectivity index (χ1v) is 7.56. The summed E-state index contributed by atoms with van der Waals surface area (Å²) >= 11 is 1.27. The summed E-state index contributed by atoms with van der Waals surface area (Å²) in [6, 6.07) is 13.5. The molecule has 0 bridgehead atoms. The molecule has 6 nitrogen and oxygen atoms in total. The van der Waals surface area contributed by atoms with Crippen LogP contribution < -0.4 is 5.73 Å². The highest BCUT2D eigenvalue weighted by Crippen LogP contribution is 2.20. The fourth-order valence-electron chi connectivity index (χ4n) is 1.90. The third-order valence-corrected chi connectivity index (χ3v) is 3.88. The number of thioether (sulfide) groups is 1. The third kappa shape index (κ3) is 3.32. The molecule has 0 unspecified atom stereocenters. The normalized spacial score (nSPS) is 10.5. The van der Waals surface area contributed by atoms with Crippen molar-refractivity contribution >= 4 is 17.7 Å². The van der Waals surface area contributed by atoms with Gasteiger partial charge in [0.25, 0.3) is 0 Å². The van der Waals surface area contributed by atoms with Crippen molar-refractivity contribution in [1.29, 1.82) is 0 Å². The molecule has 1 amide bonds. The van der Waals surface area contributed by atoms with E-state index in [1.165, 1.54) is 11.8 Å². The minimum Gasteiger partial charge on any atom is -0.369 e. The Morgan fingerprint density at radius 1 is 1.14 bits per heavy atom. The Balaban J connectivity index is 1.75. The van der Waals surface area contributed by atoms with E-state index in [2.05, 4.69) is 15.3 Å². The van der Waals surface area contributed by atoms with Gasteiger partial charge in [0.05, 0.1) is 17.1 Å². The molecule has 7 heteroatoms. The van der Waals surface area contributed by atoms with Crippen LogP contribution in [0.4, 0.5) is 0 Å². The van der Waals surface area contributed by atoms with Crippen LogP contribution in [-0.2, 0) is 4.79 Å². The van der Waals surface area contributed by atoms with Crippen LogP contribution in [-0.4, -0.2) is 31.6 Å². The molecule has 0 fully saturated rings. The molecule has 0 spiro atoms. The lowest BCUT2D eigenvalue weighted by molar-refractivity contribution is -0.115. The van der Waals surface area contributed by atoms with Gasteiger partial charge in [-0.3, -0.25) is 4.79 Å². The minimum absolute atomic E-state index is 0.201. The Kier molecular flexibility index (Phi) is 4.15. The van der Waals surface area contributed by atoms with Gasteiger partial charge in [-0.05, 0) is 30.3 Å². The zero-order valence-electron chi connectivity index (χ0n) is 11.6. The lowest BCUT2D eigenvalue weighted by atomic mass is 10.1. The summed E-state index contributed by atoms with van der Waals surface area (Å²) < 4.78 is 1.79. The predicted octanol–water partition coefficient (Wildman–Crippen LogP) is 1.91. The minimum atomic E-state index is -0.370. The summed E-state index contributed by atoms with van der Waals surface area (Å²) in [5.74, 6) is -0.169. The summed E-state index contributed by atoms with van der Waals surface area (Å²) in [6.45, 7) is 0. The molecule has 0 saturated carbocycles. The fourth-order valence-corrected chi connectivity index (χ4v) is 2.46. The Hall–Kier alpha value is -2.67. The molecule has 0 radical (unpaired) electrons. The van der Waals surface area contributed by atoms with Crippen molar-refractivity contribution in [3.63, 3.8) is 0 Å². The fraction of sp³-hybridized carbons (Fsp3) is 0.0667. The molecular weight excluding hydrogens is 298 g/mol. The maximum atomic E-state index is 10.7. The number of hydrogen-bond donors (Lipinski definition) is 1. The van der Waals surface area contributed by atoms with Gasteiger partial charge in [0.1, 0.15) is 5.03 Å². The van der Waals surface area contributed by atoms with Crippen LogP contribution >= 0.6 is 11.8 Å². The number of benzene rings is 1. The summed E-state index contributed by atoms with van der Waals surface area (Å²) in [6.07, 6.45) is 3.63. The quantitative estimate of drug-likeness (QED) is 0.727. The standard InChI is InChI=1S/C15H13N5OS/c16-14(21)10-22-15-7-6-13(18-19-15)11-2-4-12(5-3-11)20-9-1-8-17-20/h1-9H,10H2,(H2,16,21). The van der Waals surface area contributed by atoms with Gasteiger partial charge in [0.2, 0.25) is 5.91 Å². The van der Waals surface area contributed by atoms with E-state index in [0.29, 0.717) is 5.03 Å². The van der Waals surface area contributed by atoms with Gasteiger partial charge in [-0.1, -0.05) is 23.9 Å². The van der Waals surface area contributed by atoms with Crippen LogP contribution in [0.1, 0.15) is 0 Å². The van der Waals surface area contributed by atoms with Crippen molar-refractivity contribution in [1.82, 2.24) is 20.0 Å². The molecule has 2 heterocycles. The monoisotopic (exact) mass is 311 g/mol. The van der Waals surface area contributed by atoms with E-state index in [0.717, 1.165) is 16.9 Å². The lowest BCUT2D eigenvalue weighted by Gasteiger charge is -2.04. The van der Waals surface area contributed by atoms with Crippen molar-refractivity contribution in [3.8, 4) is 16.9 Å². The molecule has 3 aromatic rings. The first kappa shape index (κ1) is 14.3. The molecule has 0 saturated heterocycles. The zero-order valence-corrected chi connectivity index (χ0v) is 12.4. The Morgan fingerprint density at radius 3 is 2.55 bits per heavy atom. The molecule has 3 rings (SSSR count). The van der Waals surface area contributed by atoms with E-state index in [1.807, 2.05) is 48.7 Å². The van der Waals surface area contributed by atoms with Crippen LogP contribution in [0.2, 0.25) is 0 Å². The van der Waals surface area contributed by atoms with E-state index in [1.54, 1.807) is 10.9 Å². The van der Waals surface area contributed by atoms with Crippen LogP contribution in [0.25, 0.3) is 16.9 Å². The second kappa shape index (κ2) is 6.40. The third-order valence-electron chi connectivity index (χ3n) is 2.93. The van der Waals surface area contributed by atoms with Crippen molar-refractivity contribution < 1.29 is 4.79 Å². The summed E-state index contributed by atoms with van der Waals surface area (Å²) in [5.41, 5.74) is 7.82. The first-order chi connectivity index (χ1) is 10.7. The van der Waals surface area contributed by atoms with E-state index in [-0.39, 0.29) is 11.7 Å². The second-order valence-electron chi connectivity index (χ2n) is 4.51. The molecule has 22 heavy (non-hydrogen) atoms. The smallest absolute Gasteiger partial charge is 0.227 e. The Bertz CT molecular complexity index is 754. The van der Waals surface area contributed by atoms with Crippen LogP contribution in [0.5, 0.6) is 0 Å². The number of aromatic nitrogens is 4. The van der Waals surface area contributed by atoms with E-state index < -0.39 is 0 Å². The van der Waals surface area contributed by atoms with Crippen molar-refractivity contribution in [3.05, 3.63) is 54.9 Å². The Morgan fingerprint density at radius 2 is 1.95 bits per heavy atom. The summed E-state index contributed by atoms with van der Waals surface area (Å²) in [4.78, 5) is 10.7. The number of nitrogens with two attached hydrogens (primary N) is 1. The van der Waals surface area contributed by atoms with Crippen LogP contribution in [0.3, 0.4) is 0 Å². The predicted molar refractivity (Wildman–Crippen MR) is 84.5 cm³/mol. The van der Waals surface area contributed by atoms with Crippen LogP contribution in [0, 0.1) is 0 Å². The number of primary amides is 1. The van der Waals surface area contributed by atoms with E-state index in [9.17, 15) is 4.79 Å². The zero-order chi connectivity index (χ0) is 15.4. The van der Waals surface area contributed by atoms with Gasteiger partial charge < -0.3 is 5.73 Å². The number of amides is 1. The molecule has 2 N–H and O–H groups in total. The number of carbonyl (C=O) groups is 1. The summed E-state index contributed by atoms with van der Waals surface area (Å²) in [5, 5.41) is 13.1. The number of nitrogens with zero attached hydrogens (tertiary/aromatic N) is 4. The summed E-state index contributed by atoms with van der Waals surface area (Å²) in [7, 11) is 0. The second-order valence-corrected chi connectivity index (χ2v) is 5.50. The topological polar surface area (TPSA) is 86.7 Å². The Labute approximate surface area is 131 Å². The molecule has 1 aromatic carbocycles. The highest BCUT2D eigenvalue weighted by atomic mass is 32.2.